The molecule has 3 aliphatic heterocycles. The summed E-state index contributed by atoms with van der Waals surface area (Å²) in [6.45, 7) is 1.77. The van der Waals surface area contributed by atoms with E-state index < -0.39 is 97.2 Å². The van der Waals surface area contributed by atoms with E-state index in [0.717, 1.165) is 25.7 Å². The van der Waals surface area contributed by atoms with Crippen LogP contribution < -0.4 is 26.6 Å². The first-order valence-electron chi connectivity index (χ1n) is 42.2. The molecule has 8 aliphatic rings. The first-order chi connectivity index (χ1) is 61.9. The lowest BCUT2D eigenvalue weighted by molar-refractivity contribution is 0.00491. The van der Waals surface area contributed by atoms with Gasteiger partial charge in [-0.3, -0.25) is 0 Å². The van der Waals surface area contributed by atoms with Gasteiger partial charge in [0.2, 0.25) is 21.1 Å². The van der Waals surface area contributed by atoms with Crippen molar-refractivity contribution in [2.45, 2.75) is 237 Å². The van der Waals surface area contributed by atoms with Crippen LogP contribution in [0, 0.1) is 0 Å². The predicted octanol–water partition coefficient (Wildman–Crippen LogP) is -0.296. The van der Waals surface area contributed by atoms with Crippen molar-refractivity contribution in [3.63, 3.8) is 0 Å². The normalized spacial score (nSPS) is 28.3. The molecule has 3 saturated heterocycles. The van der Waals surface area contributed by atoms with Gasteiger partial charge in [-0.2, -0.15) is 99.8 Å². The van der Waals surface area contributed by atoms with Gasteiger partial charge >= 0.3 is 12.1 Å². The van der Waals surface area contributed by atoms with E-state index >= 15 is 0 Å². The lowest BCUT2D eigenvalue weighted by atomic mass is 9.91. The van der Waals surface area contributed by atoms with Crippen LogP contribution in [0.3, 0.4) is 0 Å². The zero-order valence-corrected chi connectivity index (χ0v) is 71.1. The Bertz CT molecular complexity index is 6010. The number of hydrogen-bond acceptors (Lipinski definition) is 38. The molecule has 0 radical (unpaired) electrons. The molecule has 0 unspecified atom stereocenters. The highest BCUT2D eigenvalue weighted by atomic mass is 35.5. The number of hydrogen-bond donors (Lipinski definition) is 17. The number of nitrogens with zero attached hydrogens (tertiary/aromatic N) is 31. The summed E-state index contributed by atoms with van der Waals surface area (Å²) in [5.41, 5.74) is 4.71. The minimum atomic E-state index is -1.19. The van der Waals surface area contributed by atoms with Gasteiger partial charge in [-0.1, -0.05) is 0 Å². The summed E-state index contributed by atoms with van der Waals surface area (Å²) < 4.78 is 6.70. The minimum Gasteiger partial charge on any atom is -0.390 e. The molecule has 0 spiro atoms. The predicted molar refractivity (Wildman–Crippen MR) is 448 cm³/mol. The maximum atomic E-state index is 13.8. The second-order valence-electron chi connectivity index (χ2n) is 33.6. The summed E-state index contributed by atoms with van der Waals surface area (Å²) >= 11 is 25.7. The van der Waals surface area contributed by atoms with Crippen molar-refractivity contribution in [2.75, 3.05) is 60.5 Å². The minimum absolute atomic E-state index is 0.00275. The third-order valence-electron chi connectivity index (χ3n) is 26.0. The van der Waals surface area contributed by atoms with Crippen molar-refractivity contribution < 1.29 is 70.9 Å². The van der Waals surface area contributed by atoms with Gasteiger partial charge in [0, 0.05) is 69.5 Å². The van der Waals surface area contributed by atoms with E-state index in [-0.39, 0.29) is 116 Å². The van der Waals surface area contributed by atoms with Crippen molar-refractivity contribution in [3.05, 3.63) is 94.0 Å². The highest BCUT2D eigenvalue weighted by Crippen LogP contribution is 2.46. The summed E-state index contributed by atoms with van der Waals surface area (Å²) in [5, 5.41) is 176. The molecule has 4 amide bonds. The van der Waals surface area contributed by atoms with Gasteiger partial charge in [-0.15, -0.1) is 0 Å². The molecular weight excluding hydrogens is 1760 g/mol. The molecule has 20 rings (SSSR count). The molecule has 128 heavy (non-hydrogen) atoms. The van der Waals surface area contributed by atoms with Crippen LogP contribution in [0.5, 0.6) is 0 Å². The molecule has 5 aliphatic carbocycles. The zero-order valence-electron chi connectivity index (χ0n) is 68.1. The molecule has 17 atom stereocenters. The quantitative estimate of drug-likeness (QED) is 0.0411. The van der Waals surface area contributed by atoms with Gasteiger partial charge < -0.3 is 121 Å². The molecule has 0 bridgehead atoms. The van der Waals surface area contributed by atoms with E-state index in [0.29, 0.717) is 162 Å². The van der Waals surface area contributed by atoms with Crippen LogP contribution in [0.2, 0.25) is 21.1 Å². The SMILES string of the molecule is O=C(N1CCC(Nc2nc(Cl)nc3c2ncn3[C@@H]2C[C@H](n3ncc(CO)n3)[C@@H](O)[C@H]2O)CC1)N1CC[C@@H](Nc2nc(Cl)nc3c2ncn3[C@@H]2C[C@H](n3ncc(CO)n3)[C@@H](O)[C@H]2O)C1.O=C(NC1CCC(Nc2nc(Cl)nc3c2ncn3[C@@H]2C[C@H](n3ncc(CO)n3)[C@@H](O)[C@H]2O)CC1)N1CCC(Nc2nc(Cl)nc3c2ncn3[C@@H]2C[C@H](n3ncc(CO)n3)[C@@H](O)[C@H]2O)CC1. The Balaban J connectivity index is 0.000000167. The van der Waals surface area contributed by atoms with E-state index in [1.54, 1.807) is 35.8 Å². The van der Waals surface area contributed by atoms with Crippen LogP contribution in [-0.4, -0.2) is 344 Å². The number of nitrogens with one attached hydrogen (secondary N) is 5. The Morgan fingerprint density at radius 1 is 0.328 bits per heavy atom. The zero-order chi connectivity index (χ0) is 88.8. The molecule has 12 aromatic heterocycles. The van der Waals surface area contributed by atoms with Crippen molar-refractivity contribution in [2.24, 2.45) is 0 Å². The van der Waals surface area contributed by atoms with Gasteiger partial charge in [0.05, 0.1) is 101 Å². The largest absolute Gasteiger partial charge is 0.390 e. The van der Waals surface area contributed by atoms with Gasteiger partial charge in [-0.05, 0) is 130 Å². The first kappa shape index (κ1) is 86.6. The van der Waals surface area contributed by atoms with E-state index in [1.807, 2.05) is 9.80 Å². The fourth-order valence-electron chi connectivity index (χ4n) is 19.2. The fraction of sp³-hybridized carbons (Fsp3) is 0.595. The monoisotopic (exact) mass is 1850 g/mol. The summed E-state index contributed by atoms with van der Waals surface area (Å²) in [6.07, 6.45) is 9.61. The molecule has 5 saturated carbocycles. The number of rotatable bonds is 21. The maximum absolute atomic E-state index is 13.8. The Morgan fingerprint density at radius 3 is 0.883 bits per heavy atom. The summed E-state index contributed by atoms with van der Waals surface area (Å²) in [4.78, 5) is 91.6. The molecule has 12 aromatic rings. The number of aromatic nitrogens is 28. The van der Waals surface area contributed by atoms with Crippen LogP contribution in [0.25, 0.3) is 44.7 Å². The molecule has 680 valence electrons. The third kappa shape index (κ3) is 16.7. The smallest absolute Gasteiger partial charge is 0.320 e. The van der Waals surface area contributed by atoms with Crippen molar-refractivity contribution in [1.82, 2.24) is 158 Å². The van der Waals surface area contributed by atoms with Crippen molar-refractivity contribution >= 4 is 126 Å². The van der Waals surface area contributed by atoms with Crippen LogP contribution >= 0.6 is 46.4 Å². The lowest BCUT2D eigenvalue weighted by Gasteiger charge is -2.35. The maximum Gasteiger partial charge on any atom is 0.320 e. The van der Waals surface area contributed by atoms with Crippen LogP contribution in [0.4, 0.5) is 32.9 Å². The van der Waals surface area contributed by atoms with Crippen LogP contribution in [0.15, 0.2) is 50.1 Å². The van der Waals surface area contributed by atoms with Crippen LogP contribution in [0.1, 0.15) is 155 Å². The number of amides is 4. The Hall–Kier alpha value is -10.8. The molecule has 15 heterocycles. The fourth-order valence-corrected chi connectivity index (χ4v) is 19.8. The number of piperidine rings is 2. The summed E-state index contributed by atoms with van der Waals surface area (Å²) in [7, 11) is 0. The number of aliphatic hydroxyl groups is 12. The Kier molecular flexibility index (Phi) is 24.3. The second kappa shape index (κ2) is 35.9. The van der Waals surface area contributed by atoms with E-state index in [4.69, 9.17) is 46.4 Å². The molecule has 0 aromatic carbocycles. The van der Waals surface area contributed by atoms with Gasteiger partial charge in [0.1, 0.15) is 95.8 Å². The number of anilines is 4. The number of halogens is 4. The Morgan fingerprint density at radius 2 is 0.586 bits per heavy atom. The van der Waals surface area contributed by atoms with E-state index in [9.17, 15) is 70.9 Å². The summed E-state index contributed by atoms with van der Waals surface area (Å²) in [6, 6.07) is -5.47. The Labute approximate surface area is 743 Å². The average molecular weight is 1850 g/mol. The standard InChI is InChI=1S/C38H48Cl2N18O7.C36H44Cl2N18O7/c39-36-48-32(26-34(50-36)55(15-41-26)22-9-24(30(63)28(22)61)57-43-11-20(13-59)52-57)45-17-1-3-18(4-2-17)47-38(65)54-7-5-19(6-8-54)46-33-27-35(51-37(40)49-33)56(16-42-27)23-10-25(31(64)29(23)62)58-44-12-21(14-60)53-58;37-34-45-30(24-32(47-34)53(14-39-24)20-7-22(28(61)26(20)59)55-41-9-18(12-57)49-55)43-16-1-4-51(5-2-16)36(63)52-6-3-17(11-52)44-31-25-33(48-35(38)46-31)54(15-40-25)21-8-23(29(62)27(21)60)56-42-10-19(13-58)50-56/h11-12,15-19,22-25,28-31,59-64H,1-10,13-14H2,(H,47,65)(H,45,48,50)(H,46,49,51);9-10,14-17,20-23,26-29,57-62H,1-8,11-13H2,(H,43,45,47)(H,44,46,48)/t17?,18?,22-,23-,24+,25+,28+,29+,30-,31-;17-,20-,21-,22+,23+,26+,27+,28-,29-/m11/s1. The van der Waals surface area contributed by atoms with Crippen molar-refractivity contribution in [3.8, 4) is 0 Å². The number of urea groups is 2. The first-order valence-corrected chi connectivity index (χ1v) is 43.7. The topological polar surface area (TPSA) is 644 Å². The number of carbonyl (C=O) groups excluding carboxylic acids is 2. The molecular formula is C74H92Cl4N36O14. The van der Waals surface area contributed by atoms with E-state index in [1.165, 1.54) is 56.6 Å². The molecule has 54 heteroatoms. The number of carbonyl (C=O) groups is 2. The second-order valence-corrected chi connectivity index (χ2v) is 35.0. The number of aliphatic hydroxyl groups excluding tert-OH is 12. The van der Waals surface area contributed by atoms with E-state index in [2.05, 4.69) is 127 Å². The lowest BCUT2D eigenvalue weighted by Crippen LogP contribution is -2.50. The summed E-state index contributed by atoms with van der Waals surface area (Å²) in [5.74, 6) is 1.69. The highest BCUT2D eigenvalue weighted by molar-refractivity contribution is 6.29. The van der Waals surface area contributed by atoms with Crippen LogP contribution in [-0.2, 0) is 26.4 Å². The van der Waals surface area contributed by atoms with Gasteiger partial charge in [0.25, 0.3) is 0 Å². The average Bonchev–Trinajstić information content (AvgIpc) is 1.61. The third-order valence-corrected chi connectivity index (χ3v) is 26.7. The molecule has 8 fully saturated rings. The highest BCUT2D eigenvalue weighted by Gasteiger charge is 2.50. The molecule has 17 N–H and O–H groups in total. The number of imidazole rings is 4. The van der Waals surface area contributed by atoms with Crippen molar-refractivity contribution in [1.29, 1.82) is 0 Å². The van der Waals surface area contributed by atoms with Gasteiger partial charge in [-0.25, -0.2) is 29.5 Å². The van der Waals surface area contributed by atoms with Gasteiger partial charge in [0.15, 0.2) is 67.9 Å². The number of fused-ring (bicyclic) bond motifs is 4. The number of likely N-dealkylation sites (tertiary alicyclic amines) is 3. The molecule has 50 nitrogen and oxygen atoms in total.